The van der Waals surface area contributed by atoms with Gasteiger partial charge in [-0.05, 0) is 37.3 Å². The number of nitrogens with one attached hydrogen (secondary N) is 2. The number of aliphatic hydroxyl groups is 1. The van der Waals surface area contributed by atoms with Crippen LogP contribution in [-0.4, -0.2) is 31.9 Å². The minimum absolute atomic E-state index is 0.0851. The molecule has 2 heterocycles. The van der Waals surface area contributed by atoms with E-state index in [4.69, 9.17) is 0 Å². The highest BCUT2D eigenvalue weighted by molar-refractivity contribution is 5.97. The maximum Gasteiger partial charge on any atom is 0.257 e. The van der Waals surface area contributed by atoms with Crippen molar-refractivity contribution >= 4 is 16.8 Å². The number of hydrogen-bond acceptors (Lipinski definition) is 4. The molecule has 1 aliphatic carbocycles. The van der Waals surface area contributed by atoms with E-state index in [-0.39, 0.29) is 29.1 Å². The number of H-pyrrole nitrogens is 1. The number of aromatic amines is 1. The highest BCUT2D eigenvalue weighted by atomic mass is 16.3. The zero-order chi connectivity index (χ0) is 19.1. The summed E-state index contributed by atoms with van der Waals surface area (Å²) in [4.78, 5) is 28.8. The van der Waals surface area contributed by atoms with Crippen molar-refractivity contribution in [3.05, 3.63) is 63.7 Å². The fraction of sp³-hybridized carbons (Fsp3) is 0.350. The predicted octanol–water partition coefficient (Wildman–Crippen LogP) is 1.81. The molecule has 140 valence electrons. The van der Waals surface area contributed by atoms with Crippen molar-refractivity contribution in [1.29, 1.82) is 0 Å². The summed E-state index contributed by atoms with van der Waals surface area (Å²) in [5, 5.41) is 17.3. The van der Waals surface area contributed by atoms with E-state index in [9.17, 15) is 14.7 Å². The van der Waals surface area contributed by atoms with Crippen LogP contribution in [0.25, 0.3) is 10.9 Å². The van der Waals surface area contributed by atoms with E-state index >= 15 is 0 Å². The highest BCUT2D eigenvalue weighted by Gasteiger charge is 2.36. The third kappa shape index (κ3) is 3.14. The van der Waals surface area contributed by atoms with Crippen molar-refractivity contribution in [2.45, 2.75) is 31.9 Å². The van der Waals surface area contributed by atoms with Crippen LogP contribution >= 0.6 is 0 Å². The lowest BCUT2D eigenvalue weighted by atomic mass is 9.75. The van der Waals surface area contributed by atoms with E-state index in [1.165, 1.54) is 6.20 Å². The van der Waals surface area contributed by atoms with Gasteiger partial charge in [0.15, 0.2) is 0 Å². The van der Waals surface area contributed by atoms with Crippen molar-refractivity contribution in [2.24, 2.45) is 13.0 Å². The molecule has 3 aromatic rings. The predicted molar refractivity (Wildman–Crippen MR) is 101 cm³/mol. The molecule has 0 saturated heterocycles. The van der Waals surface area contributed by atoms with Crippen molar-refractivity contribution in [3.63, 3.8) is 0 Å². The SMILES string of the molecule is Cc1cccc2c(=O)c(C(=O)N[C@@H](c3cnn(C)c3)C3CC(O)C3)c[nH]c12. The summed E-state index contributed by atoms with van der Waals surface area (Å²) >= 11 is 0. The largest absolute Gasteiger partial charge is 0.393 e. The molecule has 27 heavy (non-hydrogen) atoms. The third-order valence-corrected chi connectivity index (χ3v) is 5.36. The molecule has 0 unspecified atom stereocenters. The maximum atomic E-state index is 12.9. The number of amides is 1. The molecule has 3 N–H and O–H groups in total. The first-order chi connectivity index (χ1) is 12.9. The first-order valence-electron chi connectivity index (χ1n) is 9.02. The van der Waals surface area contributed by atoms with Gasteiger partial charge in [-0.1, -0.05) is 12.1 Å². The van der Waals surface area contributed by atoms with Gasteiger partial charge in [-0.3, -0.25) is 14.3 Å². The van der Waals surface area contributed by atoms with Crippen molar-refractivity contribution < 1.29 is 9.90 Å². The van der Waals surface area contributed by atoms with Gasteiger partial charge in [-0.15, -0.1) is 0 Å². The molecule has 1 aromatic carbocycles. The zero-order valence-electron chi connectivity index (χ0n) is 15.3. The smallest absolute Gasteiger partial charge is 0.257 e. The number of benzene rings is 1. The van der Waals surface area contributed by atoms with Crippen LogP contribution in [0.5, 0.6) is 0 Å². The first-order valence-corrected chi connectivity index (χ1v) is 9.02. The van der Waals surface area contributed by atoms with E-state index in [2.05, 4.69) is 15.4 Å². The summed E-state index contributed by atoms with van der Waals surface area (Å²) in [7, 11) is 1.81. The second kappa shape index (κ2) is 6.66. The van der Waals surface area contributed by atoms with Gasteiger partial charge >= 0.3 is 0 Å². The number of aromatic nitrogens is 3. The molecular formula is C20H22N4O3. The lowest BCUT2D eigenvalue weighted by Gasteiger charge is -2.37. The minimum atomic E-state index is -0.421. The van der Waals surface area contributed by atoms with Crippen LogP contribution < -0.4 is 10.7 Å². The molecule has 7 heteroatoms. The molecule has 2 aromatic heterocycles. The Bertz CT molecular complexity index is 1060. The van der Waals surface area contributed by atoms with E-state index in [1.54, 1.807) is 16.9 Å². The number of nitrogens with zero attached hydrogens (tertiary/aromatic N) is 2. The standard InChI is InChI=1S/C20H22N4O3/c1-11-4-3-5-15-17(11)21-9-16(19(15)26)20(27)23-18(12-6-14(25)7-12)13-8-22-24(2)10-13/h3-5,8-10,12,14,18,25H,6-7H2,1-2H3,(H,21,26)(H,23,27)/t12?,14?,18-/m1/s1. The number of pyridine rings is 1. The van der Waals surface area contributed by atoms with Crippen LogP contribution in [0.3, 0.4) is 0 Å². The number of rotatable bonds is 4. The molecule has 1 atom stereocenters. The van der Waals surface area contributed by atoms with Crippen LogP contribution in [0, 0.1) is 12.8 Å². The van der Waals surface area contributed by atoms with E-state index in [0.29, 0.717) is 18.2 Å². The Morgan fingerprint density at radius 1 is 1.41 bits per heavy atom. The molecule has 0 radical (unpaired) electrons. The normalized spacial score (nSPS) is 20.3. The van der Waals surface area contributed by atoms with Gasteiger partial charge in [0.05, 0.1) is 23.9 Å². The van der Waals surface area contributed by atoms with Gasteiger partial charge in [0, 0.05) is 30.4 Å². The molecule has 0 aliphatic heterocycles. The van der Waals surface area contributed by atoms with Gasteiger partial charge in [-0.2, -0.15) is 5.10 Å². The lowest BCUT2D eigenvalue weighted by molar-refractivity contribution is 0.0235. The average molecular weight is 366 g/mol. The van der Waals surface area contributed by atoms with Crippen LogP contribution in [0.15, 0.2) is 41.6 Å². The fourth-order valence-electron chi connectivity index (χ4n) is 3.77. The molecule has 7 nitrogen and oxygen atoms in total. The van der Waals surface area contributed by atoms with Crippen LogP contribution in [0.4, 0.5) is 0 Å². The molecule has 1 amide bonds. The van der Waals surface area contributed by atoms with Gasteiger partial charge in [0.2, 0.25) is 5.43 Å². The highest BCUT2D eigenvalue weighted by Crippen LogP contribution is 2.38. The Balaban J connectivity index is 1.66. The Hall–Kier alpha value is -2.93. The monoisotopic (exact) mass is 366 g/mol. The summed E-state index contributed by atoms with van der Waals surface area (Å²) < 4.78 is 1.68. The molecular weight excluding hydrogens is 344 g/mol. The molecule has 1 fully saturated rings. The lowest BCUT2D eigenvalue weighted by Crippen LogP contribution is -2.42. The molecule has 0 bridgehead atoms. The number of para-hydroxylation sites is 1. The Morgan fingerprint density at radius 3 is 2.85 bits per heavy atom. The number of fused-ring (bicyclic) bond motifs is 1. The van der Waals surface area contributed by atoms with E-state index < -0.39 is 5.91 Å². The Kier molecular flexibility index (Phi) is 4.31. The van der Waals surface area contributed by atoms with Crippen molar-refractivity contribution in [2.75, 3.05) is 0 Å². The molecule has 1 aliphatic rings. The van der Waals surface area contributed by atoms with Crippen molar-refractivity contribution in [1.82, 2.24) is 20.1 Å². The van der Waals surface area contributed by atoms with E-state index in [0.717, 1.165) is 16.6 Å². The second-order valence-electron chi connectivity index (χ2n) is 7.31. The Morgan fingerprint density at radius 2 is 2.19 bits per heavy atom. The number of carbonyl (C=O) groups is 1. The first kappa shape index (κ1) is 17.5. The van der Waals surface area contributed by atoms with Crippen molar-refractivity contribution in [3.8, 4) is 0 Å². The zero-order valence-corrected chi connectivity index (χ0v) is 15.3. The second-order valence-corrected chi connectivity index (χ2v) is 7.31. The third-order valence-electron chi connectivity index (χ3n) is 5.36. The molecule has 0 spiro atoms. The summed E-state index contributed by atoms with van der Waals surface area (Å²) in [6.45, 7) is 1.92. The summed E-state index contributed by atoms with van der Waals surface area (Å²) in [6.07, 6.45) is 5.94. The topological polar surface area (TPSA) is 100 Å². The van der Waals surface area contributed by atoms with Crippen LogP contribution in [0.2, 0.25) is 0 Å². The average Bonchev–Trinajstić information content (AvgIpc) is 3.04. The quantitative estimate of drug-likeness (QED) is 0.656. The van der Waals surface area contributed by atoms with Gasteiger partial charge in [-0.25, -0.2) is 0 Å². The number of carbonyl (C=O) groups excluding carboxylic acids is 1. The fourth-order valence-corrected chi connectivity index (χ4v) is 3.77. The van der Waals surface area contributed by atoms with Gasteiger partial charge in [0.1, 0.15) is 5.56 Å². The van der Waals surface area contributed by atoms with Gasteiger partial charge < -0.3 is 15.4 Å². The summed E-state index contributed by atoms with van der Waals surface area (Å²) in [5.41, 5.74) is 2.36. The minimum Gasteiger partial charge on any atom is -0.393 e. The van der Waals surface area contributed by atoms with Gasteiger partial charge in [0.25, 0.3) is 5.91 Å². The maximum absolute atomic E-state index is 12.9. The van der Waals surface area contributed by atoms with Crippen LogP contribution in [-0.2, 0) is 7.05 Å². The summed E-state index contributed by atoms with van der Waals surface area (Å²) in [5.74, 6) is -0.301. The number of hydrogen-bond donors (Lipinski definition) is 3. The summed E-state index contributed by atoms with van der Waals surface area (Å²) in [6, 6.07) is 5.15. The number of aliphatic hydroxyl groups excluding tert-OH is 1. The Labute approximate surface area is 156 Å². The van der Waals surface area contributed by atoms with E-state index in [1.807, 2.05) is 32.3 Å². The van der Waals surface area contributed by atoms with Crippen LogP contribution in [0.1, 0.15) is 40.4 Å². The molecule has 4 rings (SSSR count). The number of aryl methyl sites for hydroxylation is 2. The molecule has 1 saturated carbocycles.